The van der Waals surface area contributed by atoms with Gasteiger partial charge in [0.2, 0.25) is 0 Å². The van der Waals surface area contributed by atoms with E-state index in [1.165, 1.54) is 0 Å². The Balaban J connectivity index is 3.70. The number of carboxylic acid groups (broad SMARTS) is 1. The lowest BCUT2D eigenvalue weighted by Crippen LogP contribution is -2.36. The molecule has 0 aromatic heterocycles. The number of hydrogen-bond acceptors (Lipinski definition) is 2. The molecule has 0 aromatic rings. The predicted molar refractivity (Wildman–Crippen MR) is 44.5 cm³/mol. The second-order valence-electron chi connectivity index (χ2n) is 2.64. The van der Waals surface area contributed by atoms with E-state index in [-0.39, 0.29) is 0 Å². The van der Waals surface area contributed by atoms with Crippen LogP contribution in [0.15, 0.2) is 12.2 Å². The second-order valence-corrected chi connectivity index (χ2v) is 2.64. The Kier molecular flexibility index (Phi) is 4.54. The molecule has 0 aromatic carbocycles. The standard InChI is InChI=1S/C8H15NO2/c1-4-7(8(10)11)9-5-6(2)3/h7,9H,2,4-5H2,1,3H3,(H,10,11). The summed E-state index contributed by atoms with van der Waals surface area (Å²) in [7, 11) is 0. The first-order valence-electron chi connectivity index (χ1n) is 3.68. The molecule has 0 fully saturated rings. The lowest BCUT2D eigenvalue weighted by atomic mass is 10.2. The van der Waals surface area contributed by atoms with Crippen molar-refractivity contribution in [2.45, 2.75) is 26.3 Å². The summed E-state index contributed by atoms with van der Waals surface area (Å²) in [6.07, 6.45) is 0.600. The molecule has 0 bridgehead atoms. The summed E-state index contributed by atoms with van der Waals surface area (Å²) in [4.78, 5) is 10.5. The van der Waals surface area contributed by atoms with E-state index in [0.29, 0.717) is 13.0 Å². The average molecular weight is 157 g/mol. The molecule has 0 amide bonds. The van der Waals surface area contributed by atoms with Gasteiger partial charge in [-0.1, -0.05) is 19.1 Å². The van der Waals surface area contributed by atoms with E-state index in [4.69, 9.17) is 5.11 Å². The molecule has 0 spiro atoms. The minimum atomic E-state index is -0.797. The van der Waals surface area contributed by atoms with E-state index in [0.717, 1.165) is 5.57 Å². The van der Waals surface area contributed by atoms with Crippen molar-refractivity contribution in [2.24, 2.45) is 0 Å². The van der Waals surface area contributed by atoms with Crippen molar-refractivity contribution in [3.8, 4) is 0 Å². The van der Waals surface area contributed by atoms with Gasteiger partial charge in [0.25, 0.3) is 0 Å². The molecule has 0 saturated heterocycles. The molecule has 1 atom stereocenters. The first-order valence-corrected chi connectivity index (χ1v) is 3.68. The molecule has 0 radical (unpaired) electrons. The number of nitrogens with one attached hydrogen (secondary N) is 1. The lowest BCUT2D eigenvalue weighted by molar-refractivity contribution is -0.139. The van der Waals surface area contributed by atoms with Crippen molar-refractivity contribution in [3.63, 3.8) is 0 Å². The minimum absolute atomic E-state index is 0.438. The summed E-state index contributed by atoms with van der Waals surface area (Å²) in [5, 5.41) is 11.5. The van der Waals surface area contributed by atoms with Crippen LogP contribution in [0.25, 0.3) is 0 Å². The van der Waals surface area contributed by atoms with Gasteiger partial charge in [-0.3, -0.25) is 4.79 Å². The molecule has 11 heavy (non-hydrogen) atoms. The normalized spacial score (nSPS) is 12.5. The summed E-state index contributed by atoms with van der Waals surface area (Å²) in [5.41, 5.74) is 0.949. The Bertz CT molecular complexity index is 154. The van der Waals surface area contributed by atoms with Gasteiger partial charge >= 0.3 is 5.97 Å². The van der Waals surface area contributed by atoms with Crippen LogP contribution in [0, 0.1) is 0 Å². The summed E-state index contributed by atoms with van der Waals surface area (Å²) in [5.74, 6) is -0.797. The average Bonchev–Trinajstić information content (AvgIpc) is 1.87. The number of hydrogen-bond donors (Lipinski definition) is 2. The van der Waals surface area contributed by atoms with Crippen LogP contribution >= 0.6 is 0 Å². The monoisotopic (exact) mass is 157 g/mol. The van der Waals surface area contributed by atoms with E-state index in [9.17, 15) is 4.79 Å². The van der Waals surface area contributed by atoms with Crippen LogP contribution in [0.5, 0.6) is 0 Å². The summed E-state index contributed by atoms with van der Waals surface area (Å²) in [6.45, 7) is 7.94. The van der Waals surface area contributed by atoms with Gasteiger partial charge < -0.3 is 10.4 Å². The van der Waals surface area contributed by atoms with Crippen LogP contribution in [0.1, 0.15) is 20.3 Å². The molecule has 0 aliphatic rings. The Morgan fingerprint density at radius 3 is 2.55 bits per heavy atom. The Labute approximate surface area is 67.1 Å². The predicted octanol–water partition coefficient (Wildman–Crippen LogP) is 1.02. The van der Waals surface area contributed by atoms with Crippen molar-refractivity contribution in [3.05, 3.63) is 12.2 Å². The number of rotatable bonds is 5. The van der Waals surface area contributed by atoms with Crippen LogP contribution in [0.3, 0.4) is 0 Å². The van der Waals surface area contributed by atoms with Gasteiger partial charge in [-0.2, -0.15) is 0 Å². The van der Waals surface area contributed by atoms with Crippen molar-refractivity contribution in [1.29, 1.82) is 0 Å². The highest BCUT2D eigenvalue weighted by Gasteiger charge is 2.12. The highest BCUT2D eigenvalue weighted by molar-refractivity contribution is 5.73. The number of carboxylic acids is 1. The highest BCUT2D eigenvalue weighted by atomic mass is 16.4. The van der Waals surface area contributed by atoms with E-state index in [1.54, 1.807) is 0 Å². The van der Waals surface area contributed by atoms with Gasteiger partial charge in [-0.15, -0.1) is 0 Å². The maximum Gasteiger partial charge on any atom is 0.320 e. The molecule has 0 rings (SSSR count). The number of carbonyl (C=O) groups is 1. The van der Waals surface area contributed by atoms with Gasteiger partial charge in [0.05, 0.1) is 0 Å². The third-order valence-corrected chi connectivity index (χ3v) is 1.36. The highest BCUT2D eigenvalue weighted by Crippen LogP contribution is 1.92. The largest absolute Gasteiger partial charge is 0.480 e. The van der Waals surface area contributed by atoms with Gasteiger partial charge in [0.15, 0.2) is 0 Å². The topological polar surface area (TPSA) is 49.3 Å². The minimum Gasteiger partial charge on any atom is -0.480 e. The summed E-state index contributed by atoms with van der Waals surface area (Å²) >= 11 is 0. The van der Waals surface area contributed by atoms with Gasteiger partial charge in [-0.25, -0.2) is 0 Å². The Morgan fingerprint density at radius 2 is 2.27 bits per heavy atom. The van der Waals surface area contributed by atoms with Crippen molar-refractivity contribution in [2.75, 3.05) is 6.54 Å². The van der Waals surface area contributed by atoms with Crippen LogP contribution in [0.4, 0.5) is 0 Å². The van der Waals surface area contributed by atoms with E-state index in [2.05, 4.69) is 11.9 Å². The van der Waals surface area contributed by atoms with Crippen LogP contribution in [-0.2, 0) is 4.79 Å². The van der Waals surface area contributed by atoms with E-state index >= 15 is 0 Å². The fourth-order valence-corrected chi connectivity index (χ4v) is 0.704. The van der Waals surface area contributed by atoms with Crippen LogP contribution in [0.2, 0.25) is 0 Å². The van der Waals surface area contributed by atoms with E-state index < -0.39 is 12.0 Å². The lowest BCUT2D eigenvalue weighted by Gasteiger charge is -2.11. The maximum absolute atomic E-state index is 10.5. The molecule has 2 N–H and O–H groups in total. The first-order chi connectivity index (χ1) is 5.07. The molecule has 0 saturated carbocycles. The SMILES string of the molecule is C=C(C)CNC(CC)C(=O)O. The van der Waals surface area contributed by atoms with Gasteiger partial charge in [0.1, 0.15) is 6.04 Å². The van der Waals surface area contributed by atoms with Crippen LogP contribution in [-0.4, -0.2) is 23.7 Å². The zero-order valence-electron chi connectivity index (χ0n) is 7.05. The quantitative estimate of drug-likeness (QED) is 0.586. The third kappa shape index (κ3) is 4.56. The fourth-order valence-electron chi connectivity index (χ4n) is 0.704. The molecule has 64 valence electrons. The van der Waals surface area contributed by atoms with Crippen molar-refractivity contribution in [1.82, 2.24) is 5.32 Å². The van der Waals surface area contributed by atoms with Gasteiger partial charge in [0, 0.05) is 6.54 Å². The molecule has 1 unspecified atom stereocenters. The van der Waals surface area contributed by atoms with Gasteiger partial charge in [-0.05, 0) is 13.3 Å². The molecular weight excluding hydrogens is 142 g/mol. The fraction of sp³-hybridized carbons (Fsp3) is 0.625. The van der Waals surface area contributed by atoms with Crippen molar-refractivity contribution < 1.29 is 9.90 Å². The molecule has 0 aliphatic heterocycles. The molecule has 3 nitrogen and oxygen atoms in total. The molecule has 0 aliphatic carbocycles. The first kappa shape index (κ1) is 10.2. The molecular formula is C8H15NO2. The Hall–Kier alpha value is -0.830. The van der Waals surface area contributed by atoms with Crippen molar-refractivity contribution >= 4 is 5.97 Å². The zero-order valence-corrected chi connectivity index (χ0v) is 7.05. The summed E-state index contributed by atoms with van der Waals surface area (Å²) < 4.78 is 0. The third-order valence-electron chi connectivity index (χ3n) is 1.36. The summed E-state index contributed by atoms with van der Waals surface area (Å²) in [6, 6.07) is -0.438. The zero-order chi connectivity index (χ0) is 8.85. The van der Waals surface area contributed by atoms with E-state index in [1.807, 2.05) is 13.8 Å². The Morgan fingerprint density at radius 1 is 1.73 bits per heavy atom. The molecule has 3 heteroatoms. The smallest absolute Gasteiger partial charge is 0.320 e. The number of aliphatic carboxylic acids is 1. The second kappa shape index (κ2) is 4.91. The molecule has 0 heterocycles. The maximum atomic E-state index is 10.5. The van der Waals surface area contributed by atoms with Crippen LogP contribution < -0.4 is 5.32 Å².